The second-order valence-corrected chi connectivity index (χ2v) is 6.45. The minimum atomic E-state index is -0.255. The summed E-state index contributed by atoms with van der Waals surface area (Å²) in [6, 6.07) is 24.9. The first-order valence-electron chi connectivity index (χ1n) is 8.93. The molecule has 0 saturated heterocycles. The molecule has 6 heteroatoms. The van der Waals surface area contributed by atoms with Gasteiger partial charge in [0.2, 0.25) is 0 Å². The number of rotatable bonds is 4. The number of nitrogens with one attached hydrogen (secondary N) is 1. The van der Waals surface area contributed by atoms with Crippen LogP contribution in [0.3, 0.4) is 0 Å². The van der Waals surface area contributed by atoms with E-state index in [0.717, 1.165) is 22.2 Å². The maximum Gasteiger partial charge on any atom is 0.301 e. The summed E-state index contributed by atoms with van der Waals surface area (Å²) in [5, 5.41) is 12.5. The summed E-state index contributed by atoms with van der Waals surface area (Å²) in [5.74, 6) is 0.730. The molecule has 0 fully saturated rings. The Morgan fingerprint density at radius 2 is 1.61 bits per heavy atom. The van der Waals surface area contributed by atoms with Crippen LogP contribution in [0.15, 0.2) is 83.7 Å². The van der Waals surface area contributed by atoms with E-state index < -0.39 is 0 Å². The quantitative estimate of drug-likeness (QED) is 0.524. The summed E-state index contributed by atoms with van der Waals surface area (Å²) < 4.78 is 7.18. The van der Waals surface area contributed by atoms with Crippen LogP contribution in [-0.2, 0) is 6.61 Å². The van der Waals surface area contributed by atoms with Crippen molar-refractivity contribution < 1.29 is 4.74 Å². The number of H-pyrrole nitrogens is 1. The van der Waals surface area contributed by atoms with Crippen LogP contribution in [0, 0.1) is 0 Å². The van der Waals surface area contributed by atoms with Crippen molar-refractivity contribution in [2.24, 2.45) is 0 Å². The lowest BCUT2D eigenvalue weighted by Gasteiger charge is -2.07. The zero-order chi connectivity index (χ0) is 18.9. The Bertz CT molecular complexity index is 1270. The molecule has 0 unspecified atom stereocenters. The topological polar surface area (TPSA) is 72.8 Å². The summed E-state index contributed by atoms with van der Waals surface area (Å²) in [4.78, 5) is 12.8. The number of ether oxygens (including phenoxy) is 1. The van der Waals surface area contributed by atoms with E-state index in [4.69, 9.17) is 4.74 Å². The van der Waals surface area contributed by atoms with Crippen molar-refractivity contribution in [3.05, 3.63) is 94.8 Å². The van der Waals surface area contributed by atoms with Crippen LogP contribution in [0.25, 0.3) is 28.0 Å². The van der Waals surface area contributed by atoms with Crippen LogP contribution >= 0.6 is 0 Å². The minimum Gasteiger partial charge on any atom is -0.489 e. The van der Waals surface area contributed by atoms with Gasteiger partial charge in [-0.1, -0.05) is 48.5 Å². The van der Waals surface area contributed by atoms with Crippen LogP contribution in [0.2, 0.25) is 0 Å². The van der Waals surface area contributed by atoms with Gasteiger partial charge in [0.15, 0.2) is 5.69 Å². The zero-order valence-corrected chi connectivity index (χ0v) is 14.9. The monoisotopic (exact) mass is 368 g/mol. The molecule has 2 heterocycles. The van der Waals surface area contributed by atoms with Gasteiger partial charge in [0, 0.05) is 5.39 Å². The Balaban J connectivity index is 1.47. The van der Waals surface area contributed by atoms with Gasteiger partial charge in [0.1, 0.15) is 18.1 Å². The summed E-state index contributed by atoms with van der Waals surface area (Å²) >= 11 is 0. The molecule has 0 aromatic heterocycles. The fourth-order valence-corrected chi connectivity index (χ4v) is 3.18. The fourth-order valence-electron chi connectivity index (χ4n) is 3.18. The fraction of sp³-hybridized carbons (Fsp3) is 0.0455. The second kappa shape index (κ2) is 6.66. The largest absolute Gasteiger partial charge is 0.489 e. The van der Waals surface area contributed by atoms with Crippen LogP contribution in [0.1, 0.15) is 5.56 Å². The first-order valence-corrected chi connectivity index (χ1v) is 8.93. The second-order valence-electron chi connectivity index (χ2n) is 6.45. The number of hydrogen-bond donors (Lipinski definition) is 1. The van der Waals surface area contributed by atoms with E-state index >= 15 is 0 Å². The van der Waals surface area contributed by atoms with Gasteiger partial charge in [-0.3, -0.25) is 9.89 Å². The average Bonchev–Trinajstić information content (AvgIpc) is 3.10. The van der Waals surface area contributed by atoms with Gasteiger partial charge in [-0.05, 0) is 35.9 Å². The van der Waals surface area contributed by atoms with E-state index in [1.807, 2.05) is 78.9 Å². The van der Waals surface area contributed by atoms with E-state index in [1.54, 1.807) is 0 Å². The summed E-state index contributed by atoms with van der Waals surface area (Å²) in [5.41, 5.74) is 3.26. The molecule has 0 atom stereocenters. The van der Waals surface area contributed by atoms with Gasteiger partial charge < -0.3 is 4.74 Å². The molecule has 0 spiro atoms. The summed E-state index contributed by atoms with van der Waals surface area (Å²) in [6.45, 7) is 0.490. The van der Waals surface area contributed by atoms with Crippen molar-refractivity contribution >= 4 is 10.9 Å². The van der Waals surface area contributed by atoms with Crippen LogP contribution in [0.4, 0.5) is 0 Å². The molecule has 28 heavy (non-hydrogen) atoms. The molecular weight excluding hydrogens is 352 g/mol. The van der Waals surface area contributed by atoms with Crippen molar-refractivity contribution in [2.45, 2.75) is 6.61 Å². The maximum absolute atomic E-state index is 12.8. The molecule has 1 N–H and O–H groups in total. The number of nitrogens with zero attached hydrogens (tertiary/aromatic N) is 3. The maximum atomic E-state index is 12.8. The number of benzene rings is 3. The van der Waals surface area contributed by atoms with Gasteiger partial charge >= 0.3 is 5.56 Å². The van der Waals surface area contributed by atoms with Crippen molar-refractivity contribution in [3.8, 4) is 22.8 Å². The lowest BCUT2D eigenvalue weighted by atomic mass is 10.1. The van der Waals surface area contributed by atoms with Crippen LogP contribution < -0.4 is 10.3 Å². The highest BCUT2D eigenvalue weighted by molar-refractivity contribution is 5.91. The van der Waals surface area contributed by atoms with Gasteiger partial charge in [0.25, 0.3) is 0 Å². The van der Waals surface area contributed by atoms with Crippen LogP contribution in [-0.4, -0.2) is 20.0 Å². The molecule has 0 radical (unpaired) electrons. The van der Waals surface area contributed by atoms with Crippen LogP contribution in [0.5, 0.6) is 5.75 Å². The number of aromatic amines is 1. The molecule has 0 aliphatic carbocycles. The van der Waals surface area contributed by atoms with Gasteiger partial charge in [0.05, 0.1) is 11.2 Å². The number of aromatic nitrogens is 4. The number of fused-ring (bicyclic) bond motifs is 3. The van der Waals surface area contributed by atoms with E-state index in [1.165, 1.54) is 4.68 Å². The van der Waals surface area contributed by atoms with Gasteiger partial charge in [-0.15, -0.1) is 0 Å². The SMILES string of the molecule is O=c1c2n[nH]c3ccccc3c-2nn1-c1ccc(OCc2ccccc2)cc1. The molecule has 3 aromatic rings. The van der Waals surface area contributed by atoms with Gasteiger partial charge in [-0.25, -0.2) is 0 Å². The molecule has 5 rings (SSSR count). The van der Waals surface area contributed by atoms with E-state index in [0.29, 0.717) is 23.7 Å². The lowest BCUT2D eigenvalue weighted by Crippen LogP contribution is -2.15. The summed E-state index contributed by atoms with van der Waals surface area (Å²) in [6.07, 6.45) is 0. The third-order valence-corrected chi connectivity index (χ3v) is 4.62. The van der Waals surface area contributed by atoms with Crippen molar-refractivity contribution in [3.63, 3.8) is 0 Å². The molecule has 3 aromatic carbocycles. The zero-order valence-electron chi connectivity index (χ0n) is 14.9. The van der Waals surface area contributed by atoms with Gasteiger partial charge in [-0.2, -0.15) is 14.9 Å². The predicted octanol–water partition coefficient (Wildman–Crippen LogP) is 3.79. The van der Waals surface area contributed by atoms with Crippen molar-refractivity contribution in [1.29, 1.82) is 0 Å². The smallest absolute Gasteiger partial charge is 0.301 e. The third kappa shape index (κ3) is 2.81. The Hall–Kier alpha value is -3.93. The first-order chi connectivity index (χ1) is 13.8. The normalized spacial score (nSPS) is 11.1. The first kappa shape index (κ1) is 16.3. The highest BCUT2D eigenvalue weighted by Crippen LogP contribution is 2.24. The molecule has 2 aliphatic heterocycles. The molecule has 2 aliphatic rings. The predicted molar refractivity (Wildman–Crippen MR) is 107 cm³/mol. The highest BCUT2D eigenvalue weighted by Gasteiger charge is 2.20. The minimum absolute atomic E-state index is 0.255. The van der Waals surface area contributed by atoms with Crippen molar-refractivity contribution in [1.82, 2.24) is 20.0 Å². The van der Waals surface area contributed by atoms with E-state index in [2.05, 4.69) is 15.3 Å². The third-order valence-electron chi connectivity index (χ3n) is 4.62. The lowest BCUT2D eigenvalue weighted by molar-refractivity contribution is 0.306. The summed E-state index contributed by atoms with van der Waals surface area (Å²) in [7, 11) is 0. The molecule has 6 nitrogen and oxygen atoms in total. The van der Waals surface area contributed by atoms with Crippen molar-refractivity contribution in [2.75, 3.05) is 0 Å². The molecule has 0 saturated carbocycles. The van der Waals surface area contributed by atoms with E-state index in [-0.39, 0.29) is 5.56 Å². The number of hydrogen-bond acceptors (Lipinski definition) is 4. The Kier molecular flexibility index (Phi) is 3.87. The Morgan fingerprint density at radius 3 is 2.43 bits per heavy atom. The molecule has 0 amide bonds. The average molecular weight is 368 g/mol. The molecular formula is C22H16N4O2. The molecule has 0 bridgehead atoms. The standard InChI is InChI=1S/C22H16N4O2/c27-22-21-20(18-8-4-5-9-19(18)23-24-21)25-26(22)16-10-12-17(13-11-16)28-14-15-6-2-1-3-7-15/h1-13,23H,14H2. The number of para-hydroxylation sites is 1. The Morgan fingerprint density at radius 1 is 0.857 bits per heavy atom. The Labute approximate surface area is 160 Å². The van der Waals surface area contributed by atoms with E-state index in [9.17, 15) is 4.79 Å². The molecule has 136 valence electrons. The highest BCUT2D eigenvalue weighted by atomic mass is 16.5.